The molecule has 1 heterocycles. The van der Waals surface area contributed by atoms with Crippen LogP contribution in [0.15, 0.2) is 17.3 Å². The van der Waals surface area contributed by atoms with Crippen molar-refractivity contribution in [3.05, 3.63) is 28.4 Å². The Balaban J connectivity index is 3.36. The molecule has 0 aliphatic heterocycles. The first-order valence-electron chi connectivity index (χ1n) is 3.24. The normalized spacial score (nSPS) is 9.09. The van der Waals surface area contributed by atoms with E-state index >= 15 is 0 Å². The smallest absolute Gasteiger partial charge is 0.271 e. The summed E-state index contributed by atoms with van der Waals surface area (Å²) in [7, 11) is 0. The van der Waals surface area contributed by atoms with Crippen molar-refractivity contribution in [2.24, 2.45) is 0 Å². The molecular weight excluding hydrogens is 142 g/mol. The van der Waals surface area contributed by atoms with E-state index in [0.29, 0.717) is 6.54 Å². The molecule has 4 nitrogen and oxygen atoms in total. The summed E-state index contributed by atoms with van der Waals surface area (Å²) in [4.78, 5) is 14.9. The van der Waals surface area contributed by atoms with Gasteiger partial charge in [0.2, 0.25) is 0 Å². The van der Waals surface area contributed by atoms with Crippen LogP contribution >= 0.6 is 0 Å². The maximum atomic E-state index is 11.1. The molecule has 4 heteroatoms. The highest BCUT2D eigenvalue weighted by Gasteiger charge is 1.99. The molecule has 0 spiro atoms. The van der Waals surface area contributed by atoms with Gasteiger partial charge in [-0.25, -0.2) is 4.98 Å². The highest BCUT2D eigenvalue weighted by molar-refractivity contribution is 5.21. The molecule has 1 rings (SSSR count). The Hall–Kier alpha value is -1.63. The average Bonchev–Trinajstić information content (AvgIpc) is 2.05. The monoisotopic (exact) mass is 149 g/mol. The van der Waals surface area contributed by atoms with E-state index in [1.165, 1.54) is 17.1 Å². The van der Waals surface area contributed by atoms with Gasteiger partial charge in [0.15, 0.2) is 0 Å². The van der Waals surface area contributed by atoms with Crippen molar-refractivity contribution in [1.82, 2.24) is 9.55 Å². The number of aryl methyl sites for hydroxylation is 1. The number of nitrogens with zero attached hydrogens (tertiary/aromatic N) is 3. The molecule has 0 N–H and O–H groups in total. The summed E-state index contributed by atoms with van der Waals surface area (Å²) >= 11 is 0. The van der Waals surface area contributed by atoms with Gasteiger partial charge >= 0.3 is 0 Å². The van der Waals surface area contributed by atoms with Crippen LogP contribution in [-0.4, -0.2) is 9.55 Å². The number of hydrogen-bond donors (Lipinski definition) is 0. The zero-order valence-electron chi connectivity index (χ0n) is 6.11. The van der Waals surface area contributed by atoms with Gasteiger partial charge in [0, 0.05) is 6.54 Å². The highest BCUT2D eigenvalue weighted by atomic mass is 16.1. The molecule has 0 aromatic carbocycles. The van der Waals surface area contributed by atoms with Crippen molar-refractivity contribution < 1.29 is 0 Å². The lowest BCUT2D eigenvalue weighted by atomic mass is 10.4. The van der Waals surface area contributed by atoms with Crippen LogP contribution < -0.4 is 5.56 Å². The van der Waals surface area contributed by atoms with Gasteiger partial charge in [0.25, 0.3) is 5.56 Å². The van der Waals surface area contributed by atoms with Gasteiger partial charge < -0.3 is 0 Å². The Bertz CT molecular complexity index is 347. The van der Waals surface area contributed by atoms with E-state index in [1.807, 2.05) is 6.92 Å². The molecule has 0 saturated heterocycles. The number of hydrogen-bond acceptors (Lipinski definition) is 3. The number of aromatic nitrogens is 2. The Morgan fingerprint density at radius 2 is 2.55 bits per heavy atom. The van der Waals surface area contributed by atoms with Crippen molar-refractivity contribution in [3.63, 3.8) is 0 Å². The van der Waals surface area contributed by atoms with E-state index in [0.717, 1.165) is 0 Å². The molecule has 0 atom stereocenters. The number of rotatable bonds is 1. The lowest BCUT2D eigenvalue weighted by molar-refractivity contribution is 0.704. The zero-order chi connectivity index (χ0) is 8.27. The van der Waals surface area contributed by atoms with Crippen LogP contribution in [-0.2, 0) is 6.54 Å². The molecule has 0 amide bonds. The molecule has 0 saturated carbocycles. The Morgan fingerprint density at radius 1 is 1.82 bits per heavy atom. The molecule has 11 heavy (non-hydrogen) atoms. The molecule has 0 bridgehead atoms. The molecule has 0 aliphatic carbocycles. The van der Waals surface area contributed by atoms with E-state index in [9.17, 15) is 4.79 Å². The summed E-state index contributed by atoms with van der Waals surface area (Å²) in [6.07, 6.45) is 2.69. The summed E-state index contributed by atoms with van der Waals surface area (Å²) in [6, 6.07) is 1.77. The fourth-order valence-corrected chi connectivity index (χ4v) is 0.753. The lowest BCUT2D eigenvalue weighted by Gasteiger charge is -1.97. The van der Waals surface area contributed by atoms with Crippen LogP contribution in [0, 0.1) is 11.3 Å². The first-order valence-corrected chi connectivity index (χ1v) is 3.24. The van der Waals surface area contributed by atoms with Gasteiger partial charge in [-0.15, -0.1) is 0 Å². The predicted molar refractivity (Wildman–Crippen MR) is 38.9 cm³/mol. The molecule has 0 aliphatic rings. The molecular formula is C7H7N3O. The van der Waals surface area contributed by atoms with Crippen LogP contribution in [0.3, 0.4) is 0 Å². The largest absolute Gasteiger partial charge is 0.298 e. The van der Waals surface area contributed by atoms with Crippen molar-refractivity contribution in [3.8, 4) is 6.07 Å². The van der Waals surface area contributed by atoms with Gasteiger partial charge in [-0.05, 0) is 6.92 Å². The minimum atomic E-state index is -0.273. The van der Waals surface area contributed by atoms with Gasteiger partial charge in [-0.3, -0.25) is 9.36 Å². The van der Waals surface area contributed by atoms with E-state index in [2.05, 4.69) is 4.98 Å². The van der Waals surface area contributed by atoms with Crippen molar-refractivity contribution in [2.75, 3.05) is 0 Å². The molecule has 1 aromatic heterocycles. The Labute approximate surface area is 63.7 Å². The second kappa shape index (κ2) is 2.97. The molecule has 0 radical (unpaired) electrons. The van der Waals surface area contributed by atoms with Gasteiger partial charge in [0.05, 0.1) is 12.5 Å². The summed E-state index contributed by atoms with van der Waals surface area (Å²) < 4.78 is 1.39. The van der Waals surface area contributed by atoms with Gasteiger partial charge in [-0.2, -0.15) is 5.26 Å². The summed E-state index contributed by atoms with van der Waals surface area (Å²) in [5.41, 5.74) is -0.181. The predicted octanol–water partition coefficient (Wildman–Crippen LogP) is 0.135. The lowest BCUT2D eigenvalue weighted by Crippen LogP contribution is -2.21. The number of nitriles is 1. The maximum absolute atomic E-state index is 11.1. The van der Waals surface area contributed by atoms with E-state index < -0.39 is 0 Å². The highest BCUT2D eigenvalue weighted by Crippen LogP contribution is 1.83. The second-order valence-corrected chi connectivity index (χ2v) is 2.01. The van der Waals surface area contributed by atoms with Crippen LogP contribution in [0.2, 0.25) is 0 Å². The first-order chi connectivity index (χ1) is 5.29. The van der Waals surface area contributed by atoms with Gasteiger partial charge in [-0.1, -0.05) is 0 Å². The first kappa shape index (κ1) is 7.48. The van der Waals surface area contributed by atoms with Crippen molar-refractivity contribution >= 4 is 0 Å². The van der Waals surface area contributed by atoms with Gasteiger partial charge in [0.1, 0.15) is 11.6 Å². The van der Waals surface area contributed by atoms with Crippen LogP contribution in [0.25, 0.3) is 0 Å². The third kappa shape index (κ3) is 1.27. The minimum absolute atomic E-state index is 0.0920. The third-order valence-electron chi connectivity index (χ3n) is 1.36. The van der Waals surface area contributed by atoms with Crippen LogP contribution in [0.4, 0.5) is 0 Å². The molecule has 0 fully saturated rings. The minimum Gasteiger partial charge on any atom is -0.298 e. The fourth-order valence-electron chi connectivity index (χ4n) is 0.753. The fraction of sp³-hybridized carbons (Fsp3) is 0.286. The second-order valence-electron chi connectivity index (χ2n) is 2.01. The average molecular weight is 149 g/mol. The Morgan fingerprint density at radius 3 is 3.09 bits per heavy atom. The van der Waals surface area contributed by atoms with E-state index in [-0.39, 0.29) is 11.1 Å². The van der Waals surface area contributed by atoms with Crippen molar-refractivity contribution in [1.29, 1.82) is 5.26 Å². The van der Waals surface area contributed by atoms with Crippen molar-refractivity contribution in [2.45, 2.75) is 13.5 Å². The molecule has 56 valence electrons. The summed E-state index contributed by atoms with van der Waals surface area (Å²) in [5.74, 6) is 0. The Kier molecular flexibility index (Phi) is 2.02. The summed E-state index contributed by atoms with van der Waals surface area (Å²) in [6.45, 7) is 2.37. The maximum Gasteiger partial charge on any atom is 0.271 e. The summed E-state index contributed by atoms with van der Waals surface area (Å²) in [5, 5.41) is 8.44. The topological polar surface area (TPSA) is 58.7 Å². The molecule has 0 unspecified atom stereocenters. The third-order valence-corrected chi connectivity index (χ3v) is 1.36. The van der Waals surface area contributed by atoms with Crippen LogP contribution in [0.1, 0.15) is 12.5 Å². The quantitative estimate of drug-likeness (QED) is 0.570. The van der Waals surface area contributed by atoms with Crippen LogP contribution in [0.5, 0.6) is 0 Å². The standard InChI is InChI=1S/C7H7N3O/c1-2-10-5-9-4-6(3-8)7(10)11/h4-5H,2H2,1H3. The molecule has 1 aromatic rings. The van der Waals surface area contributed by atoms with E-state index in [4.69, 9.17) is 5.26 Å². The van der Waals surface area contributed by atoms with E-state index in [1.54, 1.807) is 6.07 Å². The SMILES string of the molecule is CCn1cncc(C#N)c1=O. The zero-order valence-corrected chi connectivity index (χ0v) is 6.11.